The fraction of sp³-hybridized carbons (Fsp3) is 0.318. The van der Waals surface area contributed by atoms with Gasteiger partial charge in [-0.15, -0.1) is 0 Å². The number of hydrogen-bond donors (Lipinski definition) is 0. The van der Waals surface area contributed by atoms with Crippen LogP contribution in [-0.4, -0.2) is 21.9 Å². The van der Waals surface area contributed by atoms with E-state index in [4.69, 9.17) is 0 Å². The molecule has 2 aromatic carbocycles. The lowest BCUT2D eigenvalue weighted by Gasteiger charge is -2.26. The topological polar surface area (TPSA) is 25.2 Å². The molecule has 0 aliphatic carbocycles. The number of aryl methyl sites for hydroxylation is 1. The van der Waals surface area contributed by atoms with Crippen molar-refractivity contribution in [2.24, 2.45) is 13.0 Å². The predicted molar refractivity (Wildman–Crippen MR) is 102 cm³/mol. The first-order valence-electron chi connectivity index (χ1n) is 9.01. The lowest BCUT2D eigenvalue weighted by Crippen LogP contribution is -2.30. The molecule has 0 saturated heterocycles. The monoisotopic (exact) mass is 332 g/mol. The van der Waals surface area contributed by atoms with Crippen LogP contribution in [0.4, 0.5) is 0 Å². The van der Waals surface area contributed by atoms with Crippen LogP contribution in [0.2, 0.25) is 0 Å². The molecule has 128 valence electrons. The Hall–Kier alpha value is -2.55. The van der Waals surface area contributed by atoms with Gasteiger partial charge in [0.2, 0.25) is 0 Å². The van der Waals surface area contributed by atoms with Gasteiger partial charge in [0.05, 0.1) is 6.04 Å². The number of para-hydroxylation sites is 1. The second-order valence-electron chi connectivity index (χ2n) is 7.38. The third kappa shape index (κ3) is 2.55. The highest BCUT2D eigenvalue weighted by Gasteiger charge is 2.38. The van der Waals surface area contributed by atoms with Gasteiger partial charge in [0.15, 0.2) is 0 Å². The molecule has 25 heavy (non-hydrogen) atoms. The van der Waals surface area contributed by atoms with Crippen molar-refractivity contribution < 1.29 is 4.79 Å². The molecule has 0 spiro atoms. The Morgan fingerprint density at radius 3 is 2.52 bits per heavy atom. The number of hydrogen-bond acceptors (Lipinski definition) is 1. The summed E-state index contributed by atoms with van der Waals surface area (Å²) < 4.78 is 2.16. The standard InChI is InChI=1S/C22H24N2O/c1-15(2)12-13-24-21(17-9-4-5-10-18(17)22(24)25)19-14-23(3)20-11-7-6-8-16(19)20/h4-11,14-15,21H,12-13H2,1-3H3. The molecule has 0 fully saturated rings. The molecule has 2 heterocycles. The summed E-state index contributed by atoms with van der Waals surface area (Å²) in [5.74, 6) is 0.735. The molecular formula is C22H24N2O. The summed E-state index contributed by atoms with van der Waals surface area (Å²) in [6.07, 6.45) is 3.20. The normalized spacial score (nSPS) is 16.9. The van der Waals surface area contributed by atoms with Gasteiger partial charge >= 0.3 is 0 Å². The summed E-state index contributed by atoms with van der Waals surface area (Å²) in [4.78, 5) is 15.1. The van der Waals surface area contributed by atoms with Crippen LogP contribution in [0.3, 0.4) is 0 Å². The van der Waals surface area contributed by atoms with Gasteiger partial charge in [0.25, 0.3) is 5.91 Å². The van der Waals surface area contributed by atoms with Crippen molar-refractivity contribution >= 4 is 16.8 Å². The zero-order chi connectivity index (χ0) is 17.6. The number of rotatable bonds is 4. The number of carbonyl (C=O) groups is 1. The summed E-state index contributed by atoms with van der Waals surface area (Å²) in [5, 5.41) is 1.23. The Morgan fingerprint density at radius 2 is 1.72 bits per heavy atom. The largest absolute Gasteiger partial charge is 0.350 e. The van der Waals surface area contributed by atoms with E-state index in [1.54, 1.807) is 0 Å². The maximum Gasteiger partial charge on any atom is 0.255 e. The smallest absolute Gasteiger partial charge is 0.255 e. The summed E-state index contributed by atoms with van der Waals surface area (Å²) in [5.41, 5.74) is 4.41. The first-order chi connectivity index (χ1) is 12.1. The average molecular weight is 332 g/mol. The van der Waals surface area contributed by atoms with E-state index in [-0.39, 0.29) is 11.9 Å². The average Bonchev–Trinajstić information content (AvgIpc) is 3.09. The van der Waals surface area contributed by atoms with Gasteiger partial charge in [0.1, 0.15) is 0 Å². The minimum atomic E-state index is 0.00792. The van der Waals surface area contributed by atoms with Crippen molar-refractivity contribution in [1.82, 2.24) is 9.47 Å². The Balaban J connectivity index is 1.87. The number of benzene rings is 2. The maximum absolute atomic E-state index is 13.1. The van der Waals surface area contributed by atoms with Gasteiger partial charge in [-0.3, -0.25) is 4.79 Å². The van der Waals surface area contributed by atoms with Crippen molar-refractivity contribution in [3.63, 3.8) is 0 Å². The first-order valence-corrected chi connectivity index (χ1v) is 9.01. The van der Waals surface area contributed by atoms with E-state index in [0.29, 0.717) is 5.92 Å². The molecule has 1 aliphatic heterocycles. The summed E-state index contributed by atoms with van der Waals surface area (Å²) in [6.45, 7) is 5.21. The molecule has 0 saturated carbocycles. The molecule has 1 amide bonds. The number of nitrogens with zero attached hydrogens (tertiary/aromatic N) is 2. The molecule has 3 heteroatoms. The first kappa shape index (κ1) is 15.9. The van der Waals surface area contributed by atoms with Crippen LogP contribution in [0, 0.1) is 5.92 Å². The van der Waals surface area contributed by atoms with E-state index in [9.17, 15) is 4.79 Å². The molecule has 1 aromatic heterocycles. The van der Waals surface area contributed by atoms with Crippen LogP contribution in [0.5, 0.6) is 0 Å². The Morgan fingerprint density at radius 1 is 1.00 bits per heavy atom. The van der Waals surface area contributed by atoms with E-state index in [1.165, 1.54) is 16.5 Å². The van der Waals surface area contributed by atoms with Gasteiger partial charge in [0, 0.05) is 41.8 Å². The fourth-order valence-electron chi connectivity index (χ4n) is 3.92. The molecule has 1 atom stereocenters. The molecule has 3 aromatic rings. The van der Waals surface area contributed by atoms with E-state index in [2.05, 4.69) is 66.9 Å². The maximum atomic E-state index is 13.1. The van der Waals surface area contributed by atoms with Gasteiger partial charge in [-0.25, -0.2) is 0 Å². The van der Waals surface area contributed by atoms with Gasteiger partial charge < -0.3 is 9.47 Å². The van der Waals surface area contributed by atoms with Crippen LogP contribution in [0.1, 0.15) is 47.8 Å². The minimum absolute atomic E-state index is 0.00792. The number of fused-ring (bicyclic) bond motifs is 2. The van der Waals surface area contributed by atoms with Crippen LogP contribution in [0.25, 0.3) is 10.9 Å². The second-order valence-corrected chi connectivity index (χ2v) is 7.38. The van der Waals surface area contributed by atoms with Gasteiger partial charge in [-0.1, -0.05) is 50.2 Å². The van der Waals surface area contributed by atoms with E-state index < -0.39 is 0 Å². The number of aromatic nitrogens is 1. The third-order valence-corrected chi connectivity index (χ3v) is 5.23. The molecule has 3 nitrogen and oxygen atoms in total. The SMILES string of the molecule is CC(C)CCN1C(=O)c2ccccc2C1c1cn(C)c2ccccc12. The van der Waals surface area contributed by atoms with Crippen LogP contribution >= 0.6 is 0 Å². The number of carbonyl (C=O) groups excluding carboxylic acids is 1. The summed E-state index contributed by atoms with van der Waals surface area (Å²) in [7, 11) is 2.08. The van der Waals surface area contributed by atoms with Crippen molar-refractivity contribution in [3.05, 3.63) is 71.4 Å². The molecule has 4 rings (SSSR count). The minimum Gasteiger partial charge on any atom is -0.350 e. The van der Waals surface area contributed by atoms with Crippen molar-refractivity contribution in [2.75, 3.05) is 6.54 Å². The molecular weight excluding hydrogens is 308 g/mol. The van der Waals surface area contributed by atoms with Crippen molar-refractivity contribution in [1.29, 1.82) is 0 Å². The molecule has 0 N–H and O–H groups in total. The quantitative estimate of drug-likeness (QED) is 0.675. The highest BCUT2D eigenvalue weighted by Crippen LogP contribution is 2.41. The van der Waals surface area contributed by atoms with Crippen LogP contribution in [-0.2, 0) is 7.05 Å². The highest BCUT2D eigenvalue weighted by atomic mass is 16.2. The summed E-state index contributed by atoms with van der Waals surface area (Å²) >= 11 is 0. The lowest BCUT2D eigenvalue weighted by atomic mass is 9.97. The van der Waals surface area contributed by atoms with Gasteiger partial charge in [-0.2, -0.15) is 0 Å². The van der Waals surface area contributed by atoms with Gasteiger partial charge in [-0.05, 0) is 30.0 Å². The Kier molecular flexibility index (Phi) is 3.87. The zero-order valence-electron chi connectivity index (χ0n) is 15.1. The van der Waals surface area contributed by atoms with Crippen molar-refractivity contribution in [2.45, 2.75) is 26.3 Å². The second kappa shape index (κ2) is 6.07. The van der Waals surface area contributed by atoms with Crippen LogP contribution < -0.4 is 0 Å². The fourth-order valence-corrected chi connectivity index (χ4v) is 3.92. The lowest BCUT2D eigenvalue weighted by molar-refractivity contribution is 0.0742. The molecule has 0 radical (unpaired) electrons. The zero-order valence-corrected chi connectivity index (χ0v) is 15.1. The third-order valence-electron chi connectivity index (χ3n) is 5.23. The van der Waals surface area contributed by atoms with E-state index in [0.717, 1.165) is 24.1 Å². The summed E-state index contributed by atoms with van der Waals surface area (Å²) in [6, 6.07) is 16.5. The molecule has 1 aliphatic rings. The Bertz CT molecular complexity index is 938. The Labute approximate surface area is 148 Å². The van der Waals surface area contributed by atoms with E-state index in [1.807, 2.05) is 18.2 Å². The molecule has 0 bridgehead atoms. The number of amides is 1. The van der Waals surface area contributed by atoms with Crippen molar-refractivity contribution in [3.8, 4) is 0 Å². The highest BCUT2D eigenvalue weighted by molar-refractivity contribution is 6.00. The molecule has 1 unspecified atom stereocenters. The van der Waals surface area contributed by atoms with E-state index >= 15 is 0 Å². The van der Waals surface area contributed by atoms with Crippen LogP contribution in [0.15, 0.2) is 54.7 Å². The predicted octanol–water partition coefficient (Wildman–Crippen LogP) is 4.77.